The number of benzene rings is 1. The average Bonchev–Trinajstić information content (AvgIpc) is 3.22. The minimum atomic E-state index is -1.01. The molecule has 0 bridgehead atoms. The molecule has 0 saturated heterocycles. The van der Waals surface area contributed by atoms with E-state index in [2.05, 4.69) is 15.6 Å². The van der Waals surface area contributed by atoms with Crippen molar-refractivity contribution in [1.29, 1.82) is 0 Å². The Balaban J connectivity index is 1.78. The van der Waals surface area contributed by atoms with Gasteiger partial charge in [0.05, 0.1) is 5.54 Å². The molecule has 6 nitrogen and oxygen atoms in total. The molecule has 0 unspecified atom stereocenters. The van der Waals surface area contributed by atoms with Crippen LogP contribution in [0.25, 0.3) is 10.9 Å². The molecular formula is C20H27N3O3. The number of aromatic nitrogens is 1. The van der Waals surface area contributed by atoms with Gasteiger partial charge in [0.1, 0.15) is 6.04 Å². The van der Waals surface area contributed by atoms with E-state index in [1.807, 2.05) is 44.3 Å². The fourth-order valence-electron chi connectivity index (χ4n) is 3.98. The Morgan fingerprint density at radius 3 is 2.58 bits per heavy atom. The Hall–Kier alpha value is -2.34. The van der Waals surface area contributed by atoms with Crippen LogP contribution in [0.3, 0.4) is 0 Å². The molecule has 1 fully saturated rings. The quantitative estimate of drug-likeness (QED) is 0.613. The molecule has 0 radical (unpaired) electrons. The number of hydrogen-bond acceptors (Lipinski definition) is 3. The number of carbonyl (C=O) groups is 2. The van der Waals surface area contributed by atoms with Gasteiger partial charge in [0.2, 0.25) is 5.91 Å². The van der Waals surface area contributed by atoms with E-state index < -0.39 is 17.6 Å². The summed E-state index contributed by atoms with van der Waals surface area (Å²) in [6.07, 6.45) is 5.53. The number of fused-ring (bicyclic) bond motifs is 1. The number of carboxylic acids is 1. The monoisotopic (exact) mass is 357 g/mol. The van der Waals surface area contributed by atoms with E-state index in [1.165, 1.54) is 0 Å². The van der Waals surface area contributed by atoms with Crippen LogP contribution in [-0.4, -0.2) is 39.6 Å². The van der Waals surface area contributed by atoms with E-state index in [0.29, 0.717) is 0 Å². The van der Waals surface area contributed by atoms with E-state index in [4.69, 9.17) is 0 Å². The lowest BCUT2D eigenvalue weighted by molar-refractivity contribution is -0.143. The van der Waals surface area contributed by atoms with Crippen LogP contribution >= 0.6 is 0 Å². The summed E-state index contributed by atoms with van der Waals surface area (Å²) in [5, 5.41) is 16.8. The molecule has 2 aromatic rings. The zero-order valence-corrected chi connectivity index (χ0v) is 15.3. The van der Waals surface area contributed by atoms with Gasteiger partial charge in [-0.3, -0.25) is 4.79 Å². The third-order valence-electron chi connectivity index (χ3n) is 5.16. The largest absolute Gasteiger partial charge is 0.480 e. The lowest BCUT2D eigenvalue weighted by Gasteiger charge is -2.32. The molecule has 4 N–H and O–H groups in total. The van der Waals surface area contributed by atoms with Crippen LogP contribution in [0.1, 0.15) is 45.1 Å². The third-order valence-corrected chi connectivity index (χ3v) is 5.16. The maximum Gasteiger partial charge on any atom is 0.326 e. The third kappa shape index (κ3) is 3.75. The van der Waals surface area contributed by atoms with Gasteiger partial charge < -0.3 is 20.7 Å². The van der Waals surface area contributed by atoms with Crippen molar-refractivity contribution in [3.8, 4) is 0 Å². The summed E-state index contributed by atoms with van der Waals surface area (Å²) in [6.45, 7) is 4.02. The van der Waals surface area contributed by atoms with Gasteiger partial charge in [-0.1, -0.05) is 31.0 Å². The maximum atomic E-state index is 13.0. The van der Waals surface area contributed by atoms with Crippen molar-refractivity contribution in [1.82, 2.24) is 15.6 Å². The molecular weight excluding hydrogens is 330 g/mol. The van der Waals surface area contributed by atoms with Crippen LogP contribution in [0.4, 0.5) is 0 Å². The molecule has 1 aliphatic rings. The molecule has 1 heterocycles. The second kappa shape index (κ2) is 7.50. The number of carboxylic acid groups (broad SMARTS) is 1. The number of aliphatic carboxylic acids is 1. The van der Waals surface area contributed by atoms with Gasteiger partial charge in [-0.25, -0.2) is 4.79 Å². The molecule has 0 spiro atoms. The lowest BCUT2D eigenvalue weighted by Crippen LogP contribution is -2.60. The highest BCUT2D eigenvalue weighted by atomic mass is 16.4. The normalized spacial score (nSPS) is 17.5. The summed E-state index contributed by atoms with van der Waals surface area (Å²) < 4.78 is 0. The zero-order valence-electron chi connectivity index (χ0n) is 15.3. The Morgan fingerprint density at radius 1 is 1.23 bits per heavy atom. The highest BCUT2D eigenvalue weighted by molar-refractivity contribution is 5.91. The molecule has 1 aromatic carbocycles. The number of hydrogen-bond donors (Lipinski definition) is 4. The molecule has 1 saturated carbocycles. The van der Waals surface area contributed by atoms with Crippen molar-refractivity contribution in [2.24, 2.45) is 0 Å². The molecule has 140 valence electrons. The summed E-state index contributed by atoms with van der Waals surface area (Å²) in [6, 6.07) is 6.98. The first kappa shape index (κ1) is 18.5. The molecule has 3 rings (SSSR count). The zero-order chi connectivity index (χ0) is 18.7. The van der Waals surface area contributed by atoms with Crippen molar-refractivity contribution in [3.63, 3.8) is 0 Å². The molecule has 1 aromatic heterocycles. The Bertz CT molecular complexity index is 790. The first-order valence-corrected chi connectivity index (χ1v) is 9.28. The van der Waals surface area contributed by atoms with Crippen LogP contribution < -0.4 is 10.6 Å². The number of H-pyrrole nitrogens is 1. The van der Waals surface area contributed by atoms with Crippen molar-refractivity contribution >= 4 is 22.8 Å². The van der Waals surface area contributed by atoms with Crippen LogP contribution in [-0.2, 0) is 16.0 Å². The highest BCUT2D eigenvalue weighted by Gasteiger charge is 2.42. The summed E-state index contributed by atoms with van der Waals surface area (Å²) in [4.78, 5) is 27.9. The number of aromatic amines is 1. The first-order chi connectivity index (χ1) is 12.4. The lowest BCUT2D eigenvalue weighted by atomic mass is 9.94. The molecule has 0 aliphatic heterocycles. The van der Waals surface area contributed by atoms with Gasteiger partial charge in [0, 0.05) is 29.6 Å². The molecule has 1 atom stereocenters. The first-order valence-electron chi connectivity index (χ1n) is 9.28. The fraction of sp³-hybridized carbons (Fsp3) is 0.500. The molecule has 1 amide bonds. The van der Waals surface area contributed by atoms with Crippen LogP contribution in [0.5, 0.6) is 0 Å². The Kier molecular flexibility index (Phi) is 5.32. The Labute approximate surface area is 153 Å². The predicted molar refractivity (Wildman–Crippen MR) is 101 cm³/mol. The highest BCUT2D eigenvalue weighted by Crippen LogP contribution is 2.31. The van der Waals surface area contributed by atoms with Crippen molar-refractivity contribution in [3.05, 3.63) is 36.0 Å². The van der Waals surface area contributed by atoms with Gasteiger partial charge >= 0.3 is 5.97 Å². The second-order valence-corrected chi connectivity index (χ2v) is 7.52. The summed E-state index contributed by atoms with van der Waals surface area (Å²) in [5.74, 6) is -1.21. The van der Waals surface area contributed by atoms with Gasteiger partial charge in [0.15, 0.2) is 0 Å². The van der Waals surface area contributed by atoms with Crippen LogP contribution in [0, 0.1) is 0 Å². The SMILES string of the molecule is CC(C)NC1(C(=O)N[C@@H](Cc2c[nH]c3ccccc23)C(=O)O)CCCC1. The van der Waals surface area contributed by atoms with E-state index in [-0.39, 0.29) is 18.4 Å². The van der Waals surface area contributed by atoms with E-state index >= 15 is 0 Å². The van der Waals surface area contributed by atoms with Gasteiger partial charge in [0.25, 0.3) is 0 Å². The van der Waals surface area contributed by atoms with Crippen molar-refractivity contribution in [2.75, 3.05) is 0 Å². The van der Waals surface area contributed by atoms with E-state index in [9.17, 15) is 14.7 Å². The minimum absolute atomic E-state index is 0.163. The van der Waals surface area contributed by atoms with Gasteiger partial charge in [-0.05, 0) is 38.3 Å². The Morgan fingerprint density at radius 2 is 1.92 bits per heavy atom. The smallest absolute Gasteiger partial charge is 0.326 e. The van der Waals surface area contributed by atoms with Crippen LogP contribution in [0.2, 0.25) is 0 Å². The maximum absolute atomic E-state index is 13.0. The molecule has 26 heavy (non-hydrogen) atoms. The predicted octanol–water partition coefficient (Wildman–Crippen LogP) is 2.59. The van der Waals surface area contributed by atoms with Gasteiger partial charge in [-0.15, -0.1) is 0 Å². The minimum Gasteiger partial charge on any atom is -0.480 e. The average molecular weight is 357 g/mol. The summed E-state index contributed by atoms with van der Waals surface area (Å²) in [7, 11) is 0. The summed E-state index contributed by atoms with van der Waals surface area (Å²) in [5.41, 5.74) is 1.21. The standard InChI is InChI=1S/C20H27N3O3/c1-13(2)23-20(9-5-6-10-20)19(26)22-17(18(24)25)11-14-12-21-16-8-4-3-7-15(14)16/h3-4,7-8,12-13,17,21,23H,5-6,9-11H2,1-2H3,(H,22,26)(H,24,25)/t17-/m0/s1. The topological polar surface area (TPSA) is 94.2 Å². The number of para-hydroxylation sites is 1. The number of amides is 1. The molecule has 6 heteroatoms. The molecule has 1 aliphatic carbocycles. The van der Waals surface area contributed by atoms with Gasteiger partial charge in [-0.2, -0.15) is 0 Å². The second-order valence-electron chi connectivity index (χ2n) is 7.52. The van der Waals surface area contributed by atoms with Crippen molar-refractivity contribution in [2.45, 2.75) is 63.6 Å². The number of nitrogens with one attached hydrogen (secondary N) is 3. The fourth-order valence-corrected chi connectivity index (χ4v) is 3.98. The van der Waals surface area contributed by atoms with E-state index in [1.54, 1.807) is 0 Å². The summed E-state index contributed by atoms with van der Waals surface area (Å²) >= 11 is 0. The van der Waals surface area contributed by atoms with Crippen molar-refractivity contribution < 1.29 is 14.7 Å². The number of rotatable bonds is 7. The van der Waals surface area contributed by atoms with E-state index in [0.717, 1.165) is 42.1 Å². The number of carbonyl (C=O) groups excluding carboxylic acids is 1. The van der Waals surface area contributed by atoms with Crippen LogP contribution in [0.15, 0.2) is 30.5 Å².